The van der Waals surface area contributed by atoms with Gasteiger partial charge in [-0.2, -0.15) is 0 Å². The molecule has 39 heavy (non-hydrogen) atoms. The number of hydrogen-bond donors (Lipinski definition) is 2. The summed E-state index contributed by atoms with van der Waals surface area (Å²) in [6.07, 6.45) is 5.78. The second-order valence-corrected chi connectivity index (χ2v) is 10.6. The van der Waals surface area contributed by atoms with Gasteiger partial charge in [0.1, 0.15) is 38.8 Å². The minimum Gasteiger partial charge on any atom is -0.478 e. The number of fused-ring (bicyclic) bond motifs is 1. The van der Waals surface area contributed by atoms with Gasteiger partial charge in [-0.05, 0) is 55.2 Å². The van der Waals surface area contributed by atoms with Gasteiger partial charge in [0, 0.05) is 43.4 Å². The number of allylic oxidation sites excluding steroid dienone is 1. The largest absolute Gasteiger partial charge is 0.478 e. The van der Waals surface area contributed by atoms with Crippen LogP contribution in [-0.2, 0) is 11.3 Å². The molecular formula is C28H26ClF3N4O2S. The molecule has 3 heterocycles. The van der Waals surface area contributed by atoms with Gasteiger partial charge in [0.15, 0.2) is 0 Å². The Hall–Kier alpha value is -3.47. The van der Waals surface area contributed by atoms with Crippen molar-refractivity contribution in [2.24, 2.45) is 0 Å². The number of rotatable bonds is 6. The number of hydrogen-bond acceptors (Lipinski definition) is 6. The maximum Gasteiger partial charge on any atom is 0.327 e. The predicted molar refractivity (Wildman–Crippen MR) is 149 cm³/mol. The van der Waals surface area contributed by atoms with E-state index in [9.17, 15) is 18.0 Å². The number of benzene rings is 2. The first-order valence-electron chi connectivity index (χ1n) is 12.2. The monoisotopic (exact) mass is 574 g/mol. The molecular weight excluding hydrogens is 549 g/mol. The smallest absolute Gasteiger partial charge is 0.327 e. The molecule has 1 fully saturated rings. The van der Waals surface area contributed by atoms with Crippen molar-refractivity contribution in [2.45, 2.75) is 32.4 Å². The zero-order chi connectivity index (χ0) is 27.9. The van der Waals surface area contributed by atoms with Crippen molar-refractivity contribution in [1.82, 2.24) is 14.9 Å². The average Bonchev–Trinajstić information content (AvgIpc) is 3.22. The van der Waals surface area contributed by atoms with Crippen molar-refractivity contribution in [3.63, 3.8) is 0 Å². The molecule has 1 aliphatic rings. The van der Waals surface area contributed by atoms with E-state index in [4.69, 9.17) is 16.7 Å². The summed E-state index contributed by atoms with van der Waals surface area (Å²) in [6.45, 7) is 3.75. The number of halogens is 4. The predicted octanol–water partition coefficient (Wildman–Crippen LogP) is 7.15. The number of carbonyl (C=O) groups is 1. The lowest BCUT2D eigenvalue weighted by Gasteiger charge is -2.32. The summed E-state index contributed by atoms with van der Waals surface area (Å²) in [5.41, 5.74) is 2.24. The molecule has 0 aliphatic carbocycles. The fourth-order valence-electron chi connectivity index (χ4n) is 4.42. The lowest BCUT2D eigenvalue weighted by molar-refractivity contribution is -0.131. The summed E-state index contributed by atoms with van der Waals surface area (Å²) < 4.78 is 41.0. The van der Waals surface area contributed by atoms with Crippen LogP contribution in [0.1, 0.15) is 25.3 Å². The first-order chi connectivity index (χ1) is 18.7. The van der Waals surface area contributed by atoms with Crippen molar-refractivity contribution < 1.29 is 23.1 Å². The van der Waals surface area contributed by atoms with Gasteiger partial charge < -0.3 is 10.4 Å². The molecule has 5 rings (SSSR count). The number of nitrogens with zero attached hydrogens (tertiary/aromatic N) is 3. The summed E-state index contributed by atoms with van der Waals surface area (Å²) >= 11 is 7.91. The number of anilines is 1. The minimum absolute atomic E-state index is 0.184. The quantitative estimate of drug-likeness (QED) is 0.238. The van der Waals surface area contributed by atoms with Gasteiger partial charge in [-0.15, -0.1) is 11.3 Å². The van der Waals surface area contributed by atoms with Crippen LogP contribution in [0.2, 0.25) is 4.34 Å². The standard InChI is InChI=1S/C24H20ClF3N4S.C4H6O2/c25-22-20(15-1-3-16(26)4-2-15)21-23(29-13-30-24(21)33-22)31-19-5-7-32(8-6-19)12-14-9-17(27)11-18(28)10-14;1-2-3-4(5)6/h1-4,9-11,13,19H,5-8,12H2,(H,29,30,31);2-3H,1H3,(H,5,6)/b;3-2-. The Bertz CT molecular complexity index is 1450. The van der Waals surface area contributed by atoms with Gasteiger partial charge in [0.2, 0.25) is 0 Å². The first kappa shape index (κ1) is 28.5. The number of aromatic nitrogens is 2. The highest BCUT2D eigenvalue weighted by Gasteiger charge is 2.23. The summed E-state index contributed by atoms with van der Waals surface area (Å²) in [7, 11) is 0. The average molecular weight is 575 g/mol. The molecule has 0 amide bonds. The van der Waals surface area contributed by atoms with Gasteiger partial charge in [-0.25, -0.2) is 27.9 Å². The molecule has 204 valence electrons. The van der Waals surface area contributed by atoms with E-state index >= 15 is 0 Å². The van der Waals surface area contributed by atoms with E-state index in [2.05, 4.69) is 20.2 Å². The Morgan fingerprint density at radius 2 is 1.77 bits per heavy atom. The number of carboxylic acids is 1. The second-order valence-electron chi connectivity index (χ2n) is 8.97. The molecule has 0 atom stereocenters. The Morgan fingerprint density at radius 3 is 2.36 bits per heavy atom. The van der Waals surface area contributed by atoms with Crippen molar-refractivity contribution in [3.8, 4) is 11.1 Å². The minimum atomic E-state index is -0.891. The number of nitrogens with one attached hydrogen (secondary N) is 1. The van der Waals surface area contributed by atoms with Gasteiger partial charge in [0.05, 0.1) is 5.39 Å². The molecule has 1 aliphatic heterocycles. The van der Waals surface area contributed by atoms with Crippen molar-refractivity contribution in [2.75, 3.05) is 18.4 Å². The Morgan fingerprint density at radius 1 is 1.10 bits per heavy atom. The molecule has 6 nitrogen and oxygen atoms in total. The molecule has 0 radical (unpaired) electrons. The maximum atomic E-state index is 13.5. The third-order valence-corrected chi connectivity index (χ3v) is 7.45. The molecule has 1 saturated heterocycles. The van der Waals surface area contributed by atoms with Gasteiger partial charge >= 0.3 is 5.97 Å². The zero-order valence-electron chi connectivity index (χ0n) is 21.0. The molecule has 0 bridgehead atoms. The van der Waals surface area contributed by atoms with Crippen LogP contribution >= 0.6 is 22.9 Å². The van der Waals surface area contributed by atoms with Crippen LogP contribution in [0.4, 0.5) is 19.0 Å². The molecule has 2 aromatic heterocycles. The SMILES string of the molecule is C/C=C\C(=O)O.Fc1ccc(-c2c(Cl)sc3ncnc(NC4CCN(Cc5cc(F)cc(F)c5)CC4)c23)cc1. The molecule has 11 heteroatoms. The summed E-state index contributed by atoms with van der Waals surface area (Å²) in [5.74, 6) is -1.61. The highest BCUT2D eigenvalue weighted by molar-refractivity contribution is 7.23. The molecule has 0 saturated carbocycles. The van der Waals surface area contributed by atoms with E-state index in [1.807, 2.05) is 0 Å². The van der Waals surface area contributed by atoms with E-state index in [-0.39, 0.29) is 11.9 Å². The Labute approximate surface area is 232 Å². The molecule has 4 aromatic rings. The van der Waals surface area contributed by atoms with Gasteiger partial charge in [-0.3, -0.25) is 4.90 Å². The Balaban J connectivity index is 0.000000531. The van der Waals surface area contributed by atoms with E-state index in [1.54, 1.807) is 19.1 Å². The van der Waals surface area contributed by atoms with Crippen molar-refractivity contribution in [3.05, 3.63) is 88.3 Å². The molecule has 0 unspecified atom stereocenters. The van der Waals surface area contributed by atoms with Crippen LogP contribution in [0.25, 0.3) is 21.3 Å². The van der Waals surface area contributed by atoms with E-state index < -0.39 is 17.6 Å². The fraction of sp³-hybridized carbons (Fsp3) is 0.250. The number of carboxylic acid groups (broad SMARTS) is 1. The van der Waals surface area contributed by atoms with Crippen molar-refractivity contribution in [1.29, 1.82) is 0 Å². The number of thiophene rings is 1. The van der Waals surface area contributed by atoms with E-state index in [0.29, 0.717) is 22.3 Å². The number of piperidine rings is 1. The summed E-state index contributed by atoms with van der Waals surface area (Å²) in [6, 6.07) is 10.0. The molecule has 2 N–H and O–H groups in total. The molecule has 0 spiro atoms. The van der Waals surface area contributed by atoms with Gasteiger partial charge in [0.25, 0.3) is 0 Å². The normalized spacial score (nSPS) is 14.4. The number of aliphatic carboxylic acids is 1. The van der Waals surface area contributed by atoms with Crippen molar-refractivity contribution >= 4 is 44.9 Å². The van der Waals surface area contributed by atoms with Crippen LogP contribution in [-0.4, -0.2) is 45.1 Å². The maximum absolute atomic E-state index is 13.5. The lowest BCUT2D eigenvalue weighted by Crippen LogP contribution is -2.38. The lowest BCUT2D eigenvalue weighted by atomic mass is 10.0. The van der Waals surface area contributed by atoms with E-state index in [1.165, 1.54) is 48.0 Å². The highest BCUT2D eigenvalue weighted by Crippen LogP contribution is 2.44. The van der Waals surface area contributed by atoms with Crippen LogP contribution in [0.5, 0.6) is 0 Å². The van der Waals surface area contributed by atoms with Crippen LogP contribution in [0, 0.1) is 17.5 Å². The zero-order valence-corrected chi connectivity index (χ0v) is 22.6. The van der Waals surface area contributed by atoms with Gasteiger partial charge in [-0.1, -0.05) is 29.8 Å². The van der Waals surface area contributed by atoms with E-state index in [0.717, 1.165) is 59.4 Å². The Kier molecular flexibility index (Phi) is 9.55. The van der Waals surface area contributed by atoms with Crippen LogP contribution in [0.3, 0.4) is 0 Å². The number of likely N-dealkylation sites (tertiary alicyclic amines) is 1. The highest BCUT2D eigenvalue weighted by atomic mass is 35.5. The van der Waals surface area contributed by atoms with Crippen LogP contribution in [0.15, 0.2) is 60.9 Å². The summed E-state index contributed by atoms with van der Waals surface area (Å²) in [5, 5.41) is 12.2. The third-order valence-electron chi connectivity index (χ3n) is 6.14. The summed E-state index contributed by atoms with van der Waals surface area (Å²) in [4.78, 5) is 21.3. The third kappa shape index (κ3) is 7.56. The molecule has 2 aromatic carbocycles. The van der Waals surface area contributed by atoms with Crippen LogP contribution < -0.4 is 5.32 Å². The topological polar surface area (TPSA) is 78.3 Å². The first-order valence-corrected chi connectivity index (χ1v) is 13.4. The second kappa shape index (κ2) is 13.1. The fourth-order valence-corrected chi connectivity index (χ4v) is 5.74.